The molecule has 2 aromatic rings. The summed E-state index contributed by atoms with van der Waals surface area (Å²) in [5.41, 5.74) is 2.44. The SMILES string of the molecule is CCN(CC)CCN1C(=O)C(=O)/C(=C(\O)c2ccc(OC(C)C)cc2)C1c1cccc(C)c1. The molecule has 1 saturated heterocycles. The van der Waals surface area contributed by atoms with E-state index < -0.39 is 17.7 Å². The number of hydrogen-bond acceptors (Lipinski definition) is 5. The third kappa shape index (κ3) is 5.45. The fourth-order valence-corrected chi connectivity index (χ4v) is 4.21. The number of likely N-dealkylation sites (tertiary alicyclic amines) is 1. The quantitative estimate of drug-likeness (QED) is 0.345. The smallest absolute Gasteiger partial charge is 0.295 e. The summed E-state index contributed by atoms with van der Waals surface area (Å²) >= 11 is 0. The molecule has 1 aliphatic heterocycles. The number of aliphatic hydroxyl groups excluding tert-OH is 1. The molecule has 33 heavy (non-hydrogen) atoms. The Morgan fingerprint density at radius 2 is 1.76 bits per heavy atom. The lowest BCUT2D eigenvalue weighted by atomic mass is 9.94. The summed E-state index contributed by atoms with van der Waals surface area (Å²) in [7, 11) is 0. The molecular weight excluding hydrogens is 416 g/mol. The zero-order valence-corrected chi connectivity index (χ0v) is 20.2. The van der Waals surface area contributed by atoms with Crippen molar-refractivity contribution in [3.8, 4) is 5.75 Å². The Morgan fingerprint density at radius 3 is 2.33 bits per heavy atom. The number of aryl methyl sites for hydroxylation is 1. The number of ether oxygens (including phenoxy) is 1. The fourth-order valence-electron chi connectivity index (χ4n) is 4.21. The second-order valence-electron chi connectivity index (χ2n) is 8.62. The van der Waals surface area contributed by atoms with E-state index >= 15 is 0 Å². The van der Waals surface area contributed by atoms with E-state index in [0.29, 0.717) is 24.4 Å². The van der Waals surface area contributed by atoms with Gasteiger partial charge in [-0.3, -0.25) is 9.59 Å². The molecule has 176 valence electrons. The molecule has 1 fully saturated rings. The number of likely N-dealkylation sites (N-methyl/N-ethyl adjacent to an activating group) is 1. The molecule has 1 unspecified atom stereocenters. The van der Waals surface area contributed by atoms with E-state index in [4.69, 9.17) is 4.74 Å². The van der Waals surface area contributed by atoms with Crippen LogP contribution in [-0.4, -0.2) is 58.9 Å². The van der Waals surface area contributed by atoms with E-state index in [9.17, 15) is 14.7 Å². The molecule has 1 atom stereocenters. The summed E-state index contributed by atoms with van der Waals surface area (Å²) in [6.45, 7) is 12.8. The predicted octanol–water partition coefficient (Wildman–Crippen LogP) is 4.55. The molecule has 0 spiro atoms. The topological polar surface area (TPSA) is 70.1 Å². The molecule has 6 nitrogen and oxygen atoms in total. The highest BCUT2D eigenvalue weighted by molar-refractivity contribution is 6.46. The van der Waals surface area contributed by atoms with Gasteiger partial charge >= 0.3 is 0 Å². The van der Waals surface area contributed by atoms with Gasteiger partial charge in [0.1, 0.15) is 11.5 Å². The van der Waals surface area contributed by atoms with Crippen molar-refractivity contribution in [3.05, 3.63) is 70.8 Å². The summed E-state index contributed by atoms with van der Waals surface area (Å²) in [6, 6.07) is 14.1. The maximum atomic E-state index is 13.1. The van der Waals surface area contributed by atoms with Crippen molar-refractivity contribution in [1.29, 1.82) is 0 Å². The van der Waals surface area contributed by atoms with E-state index in [1.165, 1.54) is 0 Å². The first-order chi connectivity index (χ1) is 15.8. The molecule has 0 aliphatic carbocycles. The Kier molecular flexibility index (Phi) is 7.92. The normalized spacial score (nSPS) is 17.9. The van der Waals surface area contributed by atoms with Crippen molar-refractivity contribution >= 4 is 17.4 Å². The van der Waals surface area contributed by atoms with Crippen LogP contribution in [0.4, 0.5) is 0 Å². The van der Waals surface area contributed by atoms with Crippen molar-refractivity contribution in [1.82, 2.24) is 9.80 Å². The van der Waals surface area contributed by atoms with Crippen LogP contribution in [0.5, 0.6) is 5.75 Å². The molecular formula is C27H34N2O4. The lowest BCUT2D eigenvalue weighted by Gasteiger charge is -2.28. The first kappa shape index (κ1) is 24.5. The van der Waals surface area contributed by atoms with Gasteiger partial charge in [0.2, 0.25) is 0 Å². The number of Topliss-reactive ketones (excluding diaryl/α,β-unsaturated/α-hetero) is 1. The van der Waals surface area contributed by atoms with Crippen LogP contribution in [0.15, 0.2) is 54.1 Å². The third-order valence-electron chi connectivity index (χ3n) is 5.95. The largest absolute Gasteiger partial charge is 0.507 e. The van der Waals surface area contributed by atoms with Crippen LogP contribution in [-0.2, 0) is 9.59 Å². The van der Waals surface area contributed by atoms with E-state index in [-0.39, 0.29) is 17.4 Å². The average molecular weight is 451 g/mol. The predicted molar refractivity (Wildman–Crippen MR) is 130 cm³/mol. The number of amides is 1. The molecule has 0 bridgehead atoms. The summed E-state index contributed by atoms with van der Waals surface area (Å²) in [6.07, 6.45) is 0.0295. The van der Waals surface area contributed by atoms with Crippen molar-refractivity contribution < 1.29 is 19.4 Å². The highest BCUT2D eigenvalue weighted by atomic mass is 16.5. The monoisotopic (exact) mass is 450 g/mol. The van der Waals surface area contributed by atoms with Crippen LogP contribution < -0.4 is 4.74 Å². The van der Waals surface area contributed by atoms with Gasteiger partial charge in [0.25, 0.3) is 11.7 Å². The molecule has 0 saturated carbocycles. The lowest BCUT2D eigenvalue weighted by Crippen LogP contribution is -2.38. The maximum absolute atomic E-state index is 13.1. The molecule has 1 aliphatic rings. The second kappa shape index (κ2) is 10.7. The minimum Gasteiger partial charge on any atom is -0.507 e. The lowest BCUT2D eigenvalue weighted by molar-refractivity contribution is -0.140. The van der Waals surface area contributed by atoms with Crippen molar-refractivity contribution in [2.45, 2.75) is 46.8 Å². The number of nitrogens with zero attached hydrogens (tertiary/aromatic N) is 2. The van der Waals surface area contributed by atoms with Crippen LogP contribution in [0.1, 0.15) is 50.4 Å². The molecule has 1 N–H and O–H groups in total. The first-order valence-corrected chi connectivity index (χ1v) is 11.6. The minimum atomic E-state index is -0.652. The van der Waals surface area contributed by atoms with Gasteiger partial charge in [0.05, 0.1) is 17.7 Å². The maximum Gasteiger partial charge on any atom is 0.295 e. The number of aliphatic hydroxyl groups is 1. The average Bonchev–Trinajstić information content (AvgIpc) is 3.04. The van der Waals surface area contributed by atoms with Gasteiger partial charge in [0, 0.05) is 18.7 Å². The van der Waals surface area contributed by atoms with Crippen LogP contribution in [0.25, 0.3) is 5.76 Å². The van der Waals surface area contributed by atoms with Gasteiger partial charge in [-0.25, -0.2) is 0 Å². The van der Waals surface area contributed by atoms with Crippen molar-refractivity contribution in [2.24, 2.45) is 0 Å². The molecule has 0 aromatic heterocycles. The molecule has 1 amide bonds. The number of hydrogen-bond donors (Lipinski definition) is 1. The Balaban J connectivity index is 2.05. The summed E-state index contributed by atoms with van der Waals surface area (Å²) < 4.78 is 5.68. The summed E-state index contributed by atoms with van der Waals surface area (Å²) in [4.78, 5) is 30.0. The fraction of sp³-hybridized carbons (Fsp3) is 0.407. The Labute approximate surface area is 196 Å². The van der Waals surface area contributed by atoms with Gasteiger partial charge in [-0.15, -0.1) is 0 Å². The Hall–Kier alpha value is -3.12. The van der Waals surface area contributed by atoms with Gasteiger partial charge < -0.3 is 19.6 Å². The van der Waals surface area contributed by atoms with E-state index in [1.54, 1.807) is 29.2 Å². The van der Waals surface area contributed by atoms with Crippen LogP contribution >= 0.6 is 0 Å². The number of carbonyl (C=O) groups excluding carboxylic acids is 2. The number of rotatable bonds is 9. The first-order valence-electron chi connectivity index (χ1n) is 11.6. The second-order valence-corrected chi connectivity index (χ2v) is 8.62. The van der Waals surface area contributed by atoms with Crippen LogP contribution in [0.2, 0.25) is 0 Å². The summed E-state index contributed by atoms with van der Waals surface area (Å²) in [5.74, 6) is -0.714. The number of ketones is 1. The van der Waals surface area contributed by atoms with Gasteiger partial charge in [-0.2, -0.15) is 0 Å². The molecule has 2 aromatic carbocycles. The van der Waals surface area contributed by atoms with E-state index in [2.05, 4.69) is 18.7 Å². The van der Waals surface area contributed by atoms with E-state index in [0.717, 1.165) is 24.2 Å². The van der Waals surface area contributed by atoms with Gasteiger partial charge in [-0.05, 0) is 63.7 Å². The van der Waals surface area contributed by atoms with E-state index in [1.807, 2.05) is 45.0 Å². The van der Waals surface area contributed by atoms with Gasteiger partial charge in [0.15, 0.2) is 0 Å². The van der Waals surface area contributed by atoms with Gasteiger partial charge in [-0.1, -0.05) is 43.7 Å². The minimum absolute atomic E-state index is 0.0295. The van der Waals surface area contributed by atoms with Crippen molar-refractivity contribution in [2.75, 3.05) is 26.2 Å². The Morgan fingerprint density at radius 1 is 1.09 bits per heavy atom. The zero-order valence-electron chi connectivity index (χ0n) is 20.2. The standard InChI is InChI=1S/C27H34N2O4/c1-6-28(7-2)15-16-29-24(21-10-8-9-19(5)17-21)23(26(31)27(29)32)25(30)20-11-13-22(14-12-20)33-18(3)4/h8-14,17-18,24,30H,6-7,15-16H2,1-5H3/b25-23-. The molecule has 1 heterocycles. The highest BCUT2D eigenvalue weighted by Gasteiger charge is 2.45. The zero-order chi connectivity index (χ0) is 24.1. The molecule has 0 radical (unpaired) electrons. The Bertz CT molecular complexity index is 1020. The van der Waals surface area contributed by atoms with Crippen molar-refractivity contribution in [3.63, 3.8) is 0 Å². The van der Waals surface area contributed by atoms with Crippen LogP contribution in [0.3, 0.4) is 0 Å². The molecule has 6 heteroatoms. The number of carbonyl (C=O) groups is 2. The third-order valence-corrected chi connectivity index (χ3v) is 5.95. The van der Waals surface area contributed by atoms with Crippen LogP contribution in [0, 0.1) is 6.92 Å². The highest BCUT2D eigenvalue weighted by Crippen LogP contribution is 2.39. The molecule has 3 rings (SSSR count). The summed E-state index contributed by atoms with van der Waals surface area (Å²) in [5, 5.41) is 11.2. The number of benzene rings is 2.